The van der Waals surface area contributed by atoms with Gasteiger partial charge >= 0.3 is 0 Å². The molecular weight excluding hydrogens is 114 g/mol. The van der Waals surface area contributed by atoms with Gasteiger partial charge in [-0.3, -0.25) is 0 Å². The van der Waals surface area contributed by atoms with E-state index in [1.807, 2.05) is 0 Å². The van der Waals surface area contributed by atoms with Crippen LogP contribution in [0.15, 0.2) is 5.18 Å². The van der Waals surface area contributed by atoms with Crippen molar-refractivity contribution >= 4 is 0 Å². The Morgan fingerprint density at radius 3 is 2.67 bits per heavy atom. The maximum absolute atomic E-state index is 9.80. The molecule has 1 aliphatic carbocycles. The second-order valence-corrected chi connectivity index (χ2v) is 3.17. The van der Waals surface area contributed by atoms with E-state index >= 15 is 0 Å². The Morgan fingerprint density at radius 2 is 2.33 bits per heavy atom. The van der Waals surface area contributed by atoms with Gasteiger partial charge in [-0.05, 0) is 24.2 Å². The molecule has 0 aromatic rings. The molecule has 0 aliphatic heterocycles. The molecule has 0 amide bonds. The van der Waals surface area contributed by atoms with E-state index in [-0.39, 0.29) is 0 Å². The van der Waals surface area contributed by atoms with E-state index in [0.717, 1.165) is 11.8 Å². The molecule has 0 N–H and O–H groups in total. The minimum atomic E-state index is 0.509. The first-order valence-electron chi connectivity index (χ1n) is 3.54. The minimum absolute atomic E-state index is 0.509. The van der Waals surface area contributed by atoms with Crippen molar-refractivity contribution in [1.29, 1.82) is 0 Å². The fourth-order valence-corrected chi connectivity index (χ4v) is 1.40. The zero-order chi connectivity index (χ0) is 6.85. The van der Waals surface area contributed by atoms with Crippen molar-refractivity contribution in [2.75, 3.05) is 6.54 Å². The topological polar surface area (TPSA) is 29.4 Å². The molecule has 1 aliphatic rings. The maximum atomic E-state index is 9.80. The number of rotatable bonds is 3. The molecule has 0 radical (unpaired) electrons. The van der Waals surface area contributed by atoms with Gasteiger partial charge < -0.3 is 0 Å². The van der Waals surface area contributed by atoms with Crippen LogP contribution >= 0.6 is 0 Å². The van der Waals surface area contributed by atoms with Crippen molar-refractivity contribution in [3.05, 3.63) is 4.91 Å². The molecule has 0 bridgehead atoms. The number of hydrogen-bond donors (Lipinski definition) is 0. The normalized spacial score (nSPS) is 35.8. The molecule has 3 atom stereocenters. The van der Waals surface area contributed by atoms with Crippen molar-refractivity contribution < 1.29 is 0 Å². The zero-order valence-corrected chi connectivity index (χ0v) is 6.00. The van der Waals surface area contributed by atoms with E-state index in [1.165, 1.54) is 6.42 Å². The second kappa shape index (κ2) is 2.46. The van der Waals surface area contributed by atoms with Crippen LogP contribution in [0.4, 0.5) is 0 Å². The summed E-state index contributed by atoms with van der Waals surface area (Å²) in [6.45, 7) is 4.84. The minimum Gasteiger partial charge on any atom is -0.151 e. The first-order valence-corrected chi connectivity index (χ1v) is 3.54. The van der Waals surface area contributed by atoms with Gasteiger partial charge in [-0.25, -0.2) is 0 Å². The SMILES string of the molecule is C[C@@H]1C[C@@H]1[C@@H](C)CN=O. The van der Waals surface area contributed by atoms with Crippen molar-refractivity contribution in [3.63, 3.8) is 0 Å². The molecule has 52 valence electrons. The average Bonchev–Trinajstić information content (AvgIpc) is 2.47. The summed E-state index contributed by atoms with van der Waals surface area (Å²) in [6, 6.07) is 0. The highest BCUT2D eigenvalue weighted by Gasteiger charge is 2.36. The van der Waals surface area contributed by atoms with Gasteiger partial charge in [0, 0.05) is 0 Å². The predicted octanol–water partition coefficient (Wildman–Crippen LogP) is 2.04. The second-order valence-electron chi connectivity index (χ2n) is 3.17. The summed E-state index contributed by atoms with van der Waals surface area (Å²) < 4.78 is 0. The quantitative estimate of drug-likeness (QED) is 0.533. The lowest BCUT2D eigenvalue weighted by molar-refractivity contribution is 0.494. The Bertz CT molecular complexity index is 113. The first kappa shape index (κ1) is 6.72. The molecule has 1 fully saturated rings. The summed E-state index contributed by atoms with van der Waals surface area (Å²) in [5.41, 5.74) is 0. The molecule has 2 nitrogen and oxygen atoms in total. The average molecular weight is 127 g/mol. The lowest BCUT2D eigenvalue weighted by Crippen LogP contribution is -2.01. The van der Waals surface area contributed by atoms with Crippen molar-refractivity contribution in [3.8, 4) is 0 Å². The van der Waals surface area contributed by atoms with Gasteiger partial charge in [-0.1, -0.05) is 19.0 Å². The van der Waals surface area contributed by atoms with E-state index < -0.39 is 0 Å². The van der Waals surface area contributed by atoms with Crippen LogP contribution in [0.2, 0.25) is 0 Å². The molecular formula is C7H13NO. The van der Waals surface area contributed by atoms with Gasteiger partial charge in [0.2, 0.25) is 0 Å². The molecule has 0 spiro atoms. The summed E-state index contributed by atoms with van der Waals surface area (Å²) in [6.07, 6.45) is 1.30. The Labute approximate surface area is 55.6 Å². The van der Waals surface area contributed by atoms with Gasteiger partial charge in [-0.2, -0.15) is 4.91 Å². The molecule has 1 rings (SSSR count). The van der Waals surface area contributed by atoms with E-state index in [1.54, 1.807) is 0 Å². The summed E-state index contributed by atoms with van der Waals surface area (Å²) in [4.78, 5) is 9.80. The van der Waals surface area contributed by atoms with Crippen LogP contribution in [0.1, 0.15) is 20.3 Å². The molecule has 0 heterocycles. The molecule has 0 aromatic heterocycles. The zero-order valence-electron chi connectivity index (χ0n) is 6.00. The van der Waals surface area contributed by atoms with E-state index in [4.69, 9.17) is 0 Å². The van der Waals surface area contributed by atoms with Crippen molar-refractivity contribution in [1.82, 2.24) is 0 Å². The van der Waals surface area contributed by atoms with Crippen LogP contribution in [0, 0.1) is 22.7 Å². The summed E-state index contributed by atoms with van der Waals surface area (Å²) in [5, 5.41) is 2.88. The summed E-state index contributed by atoms with van der Waals surface area (Å²) >= 11 is 0. The Hall–Kier alpha value is -0.400. The molecule has 0 unspecified atom stereocenters. The highest BCUT2D eigenvalue weighted by Crippen LogP contribution is 2.43. The number of nitroso groups, excluding NO2 is 1. The van der Waals surface area contributed by atoms with E-state index in [9.17, 15) is 4.91 Å². The molecule has 1 saturated carbocycles. The molecule has 0 saturated heterocycles. The monoisotopic (exact) mass is 127 g/mol. The van der Waals surface area contributed by atoms with Gasteiger partial charge in [-0.15, -0.1) is 0 Å². The fraction of sp³-hybridized carbons (Fsp3) is 1.00. The summed E-state index contributed by atoms with van der Waals surface area (Å²) in [7, 11) is 0. The van der Waals surface area contributed by atoms with Crippen LogP contribution in [0.25, 0.3) is 0 Å². The van der Waals surface area contributed by atoms with Gasteiger partial charge in [0.15, 0.2) is 0 Å². The Balaban J connectivity index is 2.18. The van der Waals surface area contributed by atoms with E-state index in [2.05, 4.69) is 19.0 Å². The van der Waals surface area contributed by atoms with Gasteiger partial charge in [0.1, 0.15) is 0 Å². The predicted molar refractivity (Wildman–Crippen MR) is 37.1 cm³/mol. The van der Waals surface area contributed by atoms with Crippen LogP contribution < -0.4 is 0 Å². The fourth-order valence-electron chi connectivity index (χ4n) is 1.40. The number of nitrogens with zero attached hydrogens (tertiary/aromatic N) is 1. The lowest BCUT2D eigenvalue weighted by atomic mass is 10.1. The smallest absolute Gasteiger partial charge is 0.0839 e. The third kappa shape index (κ3) is 1.50. The van der Waals surface area contributed by atoms with E-state index in [0.29, 0.717) is 12.5 Å². The number of hydrogen-bond acceptors (Lipinski definition) is 2. The first-order chi connectivity index (χ1) is 4.25. The maximum Gasteiger partial charge on any atom is 0.0839 e. The van der Waals surface area contributed by atoms with Gasteiger partial charge in [0.05, 0.1) is 6.54 Å². The largest absolute Gasteiger partial charge is 0.151 e. The highest BCUT2D eigenvalue weighted by molar-refractivity contribution is 4.86. The molecule has 2 heteroatoms. The molecule has 0 aromatic carbocycles. The van der Waals surface area contributed by atoms with Crippen LogP contribution in [-0.2, 0) is 0 Å². The van der Waals surface area contributed by atoms with Crippen LogP contribution in [0.3, 0.4) is 0 Å². The third-order valence-electron chi connectivity index (χ3n) is 2.27. The van der Waals surface area contributed by atoms with Crippen LogP contribution in [0.5, 0.6) is 0 Å². The Morgan fingerprint density at radius 1 is 1.78 bits per heavy atom. The third-order valence-corrected chi connectivity index (χ3v) is 2.27. The van der Waals surface area contributed by atoms with Crippen molar-refractivity contribution in [2.45, 2.75) is 20.3 Å². The van der Waals surface area contributed by atoms with Crippen molar-refractivity contribution in [2.24, 2.45) is 22.9 Å². The summed E-state index contributed by atoms with van der Waals surface area (Å²) in [5.74, 6) is 2.17. The molecule has 9 heavy (non-hydrogen) atoms. The lowest BCUT2D eigenvalue weighted by Gasteiger charge is -2.01. The van der Waals surface area contributed by atoms with Gasteiger partial charge in [0.25, 0.3) is 0 Å². The van der Waals surface area contributed by atoms with Crippen LogP contribution in [-0.4, -0.2) is 6.54 Å². The standard InChI is InChI=1S/C7H13NO/c1-5-3-7(5)6(2)4-8-9/h5-7H,3-4H2,1-2H3/t5-,6+,7+/m1/s1. The Kier molecular flexibility index (Phi) is 1.84. The highest BCUT2D eigenvalue weighted by atomic mass is 16.3.